The molecule has 0 unspecified atom stereocenters. The summed E-state index contributed by atoms with van der Waals surface area (Å²) in [4.78, 5) is 16.5. The Morgan fingerprint density at radius 3 is 2.45 bits per heavy atom. The van der Waals surface area contributed by atoms with Crippen LogP contribution in [0.5, 0.6) is 5.75 Å². The molecule has 3 rings (SSSR count). The van der Waals surface area contributed by atoms with Gasteiger partial charge in [0.1, 0.15) is 5.75 Å². The van der Waals surface area contributed by atoms with Crippen molar-refractivity contribution in [3.05, 3.63) is 71.5 Å². The minimum absolute atomic E-state index is 0.0383. The molecule has 0 radical (unpaired) electrons. The number of carbonyl (C=O) groups is 1. The number of nitrogens with zero attached hydrogens (tertiary/aromatic N) is 2. The molecule has 0 atom stereocenters. The third-order valence-electron chi connectivity index (χ3n) is 4.23. The van der Waals surface area contributed by atoms with Crippen LogP contribution >= 0.6 is 11.8 Å². The molecule has 6 nitrogen and oxygen atoms in total. The van der Waals surface area contributed by atoms with Crippen molar-refractivity contribution >= 4 is 23.4 Å². The Kier molecular flexibility index (Phi) is 7.24. The van der Waals surface area contributed by atoms with Gasteiger partial charge in [-0.2, -0.15) is 0 Å². The van der Waals surface area contributed by atoms with Crippen molar-refractivity contribution in [3.63, 3.8) is 0 Å². The van der Waals surface area contributed by atoms with E-state index in [1.807, 2.05) is 35.8 Å². The predicted molar refractivity (Wildman–Crippen MR) is 111 cm³/mol. The summed E-state index contributed by atoms with van der Waals surface area (Å²) >= 11 is 1.20. The standard InChI is InChI=1S/C21H20F3N3O3S/c1-14-2-4-15(5-3-14)11-27-17(12-28)10-25-20(27)31-13-19(29)26-16-6-8-18(9-7-16)30-21(22,23)24/h2-10,28H,11-13H2,1H3,(H,26,29). The van der Waals surface area contributed by atoms with E-state index in [-0.39, 0.29) is 24.0 Å². The van der Waals surface area contributed by atoms with Crippen molar-refractivity contribution in [2.45, 2.75) is 31.6 Å². The number of amides is 1. The Labute approximate surface area is 181 Å². The monoisotopic (exact) mass is 451 g/mol. The molecule has 1 heterocycles. The van der Waals surface area contributed by atoms with Gasteiger partial charge in [0, 0.05) is 12.2 Å². The van der Waals surface area contributed by atoms with E-state index in [9.17, 15) is 23.1 Å². The number of nitrogens with one attached hydrogen (secondary N) is 1. The Morgan fingerprint density at radius 2 is 1.84 bits per heavy atom. The van der Waals surface area contributed by atoms with Crippen LogP contribution in [0.4, 0.5) is 18.9 Å². The van der Waals surface area contributed by atoms with Crippen LogP contribution in [0.2, 0.25) is 0 Å². The highest BCUT2D eigenvalue weighted by atomic mass is 32.2. The van der Waals surface area contributed by atoms with Gasteiger partial charge in [-0.1, -0.05) is 41.6 Å². The van der Waals surface area contributed by atoms with Gasteiger partial charge in [0.2, 0.25) is 5.91 Å². The minimum Gasteiger partial charge on any atom is -0.406 e. The third-order valence-corrected chi connectivity index (χ3v) is 5.22. The first kappa shape index (κ1) is 22.7. The summed E-state index contributed by atoms with van der Waals surface area (Å²) < 4.78 is 42.3. The van der Waals surface area contributed by atoms with E-state index in [4.69, 9.17) is 0 Å². The zero-order valence-corrected chi connectivity index (χ0v) is 17.3. The fraction of sp³-hybridized carbons (Fsp3) is 0.238. The van der Waals surface area contributed by atoms with Gasteiger partial charge < -0.3 is 19.7 Å². The number of hydrogen-bond acceptors (Lipinski definition) is 5. The van der Waals surface area contributed by atoms with Gasteiger partial charge in [0.05, 0.1) is 24.3 Å². The van der Waals surface area contributed by atoms with Gasteiger partial charge >= 0.3 is 6.36 Å². The van der Waals surface area contributed by atoms with Crippen molar-refractivity contribution in [1.82, 2.24) is 9.55 Å². The topological polar surface area (TPSA) is 76.4 Å². The van der Waals surface area contributed by atoms with Crippen LogP contribution in [-0.4, -0.2) is 32.7 Å². The van der Waals surface area contributed by atoms with E-state index >= 15 is 0 Å². The zero-order chi connectivity index (χ0) is 22.4. The number of thioether (sulfide) groups is 1. The summed E-state index contributed by atoms with van der Waals surface area (Å²) in [6.45, 7) is 2.32. The maximum Gasteiger partial charge on any atom is 0.573 e. The largest absolute Gasteiger partial charge is 0.573 e. The van der Waals surface area contributed by atoms with Crippen LogP contribution in [0, 0.1) is 6.92 Å². The number of carbonyl (C=O) groups excluding carboxylic acids is 1. The SMILES string of the molecule is Cc1ccc(Cn2c(CO)cnc2SCC(=O)Nc2ccc(OC(F)(F)F)cc2)cc1. The first-order valence-electron chi connectivity index (χ1n) is 9.23. The van der Waals surface area contributed by atoms with Gasteiger partial charge in [0.15, 0.2) is 5.16 Å². The summed E-state index contributed by atoms with van der Waals surface area (Å²) in [5.74, 6) is -0.671. The van der Waals surface area contributed by atoms with Gasteiger partial charge in [-0.05, 0) is 36.8 Å². The van der Waals surface area contributed by atoms with E-state index in [0.29, 0.717) is 23.1 Å². The second-order valence-electron chi connectivity index (χ2n) is 6.67. The molecule has 0 aliphatic heterocycles. The van der Waals surface area contributed by atoms with Gasteiger partial charge in [0.25, 0.3) is 0 Å². The number of aliphatic hydroxyl groups excluding tert-OH is 1. The Hall–Kier alpha value is -2.98. The average molecular weight is 451 g/mol. The van der Waals surface area contributed by atoms with E-state index in [1.165, 1.54) is 23.9 Å². The van der Waals surface area contributed by atoms with Crippen molar-refractivity contribution in [2.75, 3.05) is 11.1 Å². The van der Waals surface area contributed by atoms with Crippen LogP contribution in [0.1, 0.15) is 16.8 Å². The number of aryl methyl sites for hydroxylation is 1. The van der Waals surface area contributed by atoms with Crippen molar-refractivity contribution < 1.29 is 27.8 Å². The van der Waals surface area contributed by atoms with Gasteiger partial charge in [-0.15, -0.1) is 13.2 Å². The molecule has 1 amide bonds. The highest BCUT2D eigenvalue weighted by Crippen LogP contribution is 2.25. The van der Waals surface area contributed by atoms with Crippen LogP contribution in [0.3, 0.4) is 0 Å². The average Bonchev–Trinajstić information content (AvgIpc) is 3.10. The Balaban J connectivity index is 1.60. The summed E-state index contributed by atoms with van der Waals surface area (Å²) in [5, 5.41) is 12.8. The normalized spacial score (nSPS) is 11.4. The van der Waals surface area contributed by atoms with Crippen molar-refractivity contribution in [3.8, 4) is 5.75 Å². The second kappa shape index (κ2) is 9.88. The molecule has 0 saturated carbocycles. The molecule has 2 aromatic carbocycles. The molecule has 0 fully saturated rings. The van der Waals surface area contributed by atoms with Gasteiger partial charge in [-0.3, -0.25) is 4.79 Å². The number of benzene rings is 2. The molecule has 31 heavy (non-hydrogen) atoms. The highest BCUT2D eigenvalue weighted by molar-refractivity contribution is 7.99. The predicted octanol–water partition coefficient (Wildman–Crippen LogP) is 4.36. The van der Waals surface area contributed by atoms with E-state index in [2.05, 4.69) is 15.0 Å². The third kappa shape index (κ3) is 6.76. The summed E-state index contributed by atoms with van der Waals surface area (Å²) in [5.41, 5.74) is 3.15. The maximum absolute atomic E-state index is 12.3. The molecule has 0 saturated heterocycles. The lowest BCUT2D eigenvalue weighted by atomic mass is 10.1. The lowest BCUT2D eigenvalue weighted by Crippen LogP contribution is -2.17. The number of alkyl halides is 3. The number of halogens is 3. The van der Waals surface area contributed by atoms with Crippen LogP contribution in [-0.2, 0) is 17.9 Å². The number of aliphatic hydroxyl groups is 1. The zero-order valence-electron chi connectivity index (χ0n) is 16.5. The van der Waals surface area contributed by atoms with Crippen LogP contribution < -0.4 is 10.1 Å². The minimum atomic E-state index is -4.77. The van der Waals surface area contributed by atoms with E-state index in [1.54, 1.807) is 6.20 Å². The highest BCUT2D eigenvalue weighted by Gasteiger charge is 2.30. The molecule has 10 heteroatoms. The quantitative estimate of drug-likeness (QED) is 0.498. The fourth-order valence-electron chi connectivity index (χ4n) is 2.75. The number of rotatable bonds is 8. The molecular formula is C21H20F3N3O3S. The van der Waals surface area contributed by atoms with E-state index < -0.39 is 6.36 Å². The molecule has 2 N–H and O–H groups in total. The molecule has 0 aliphatic rings. The maximum atomic E-state index is 12.3. The molecular weight excluding hydrogens is 431 g/mol. The molecule has 0 bridgehead atoms. The van der Waals surface area contributed by atoms with Crippen LogP contribution in [0.25, 0.3) is 0 Å². The Bertz CT molecular complexity index is 1020. The lowest BCUT2D eigenvalue weighted by molar-refractivity contribution is -0.274. The van der Waals surface area contributed by atoms with Crippen molar-refractivity contribution in [2.24, 2.45) is 0 Å². The lowest BCUT2D eigenvalue weighted by Gasteiger charge is -2.12. The van der Waals surface area contributed by atoms with E-state index in [0.717, 1.165) is 23.3 Å². The first-order valence-corrected chi connectivity index (χ1v) is 10.2. The van der Waals surface area contributed by atoms with Crippen LogP contribution in [0.15, 0.2) is 59.9 Å². The number of hydrogen-bond donors (Lipinski definition) is 2. The molecule has 164 valence electrons. The first-order chi connectivity index (χ1) is 14.7. The fourth-order valence-corrected chi connectivity index (χ4v) is 3.54. The van der Waals surface area contributed by atoms with Gasteiger partial charge in [-0.25, -0.2) is 4.98 Å². The summed E-state index contributed by atoms with van der Waals surface area (Å²) in [6, 6.07) is 12.9. The molecule has 0 spiro atoms. The number of imidazole rings is 1. The molecule has 3 aromatic rings. The summed E-state index contributed by atoms with van der Waals surface area (Å²) in [7, 11) is 0. The number of aromatic nitrogens is 2. The molecule has 0 aliphatic carbocycles. The second-order valence-corrected chi connectivity index (χ2v) is 7.61. The smallest absolute Gasteiger partial charge is 0.406 e. The Morgan fingerprint density at radius 1 is 1.16 bits per heavy atom. The van der Waals surface area contributed by atoms with Crippen molar-refractivity contribution in [1.29, 1.82) is 0 Å². The summed E-state index contributed by atoms with van der Waals surface area (Å²) in [6.07, 6.45) is -3.21. The molecule has 1 aromatic heterocycles. The number of anilines is 1. The number of ether oxygens (including phenoxy) is 1.